The average molecular weight is 297 g/mol. The van der Waals surface area contributed by atoms with Gasteiger partial charge in [-0.25, -0.2) is 0 Å². The van der Waals surface area contributed by atoms with Crippen LogP contribution in [0.4, 0.5) is 5.69 Å². The van der Waals surface area contributed by atoms with E-state index in [1.807, 2.05) is 0 Å². The fourth-order valence-electron chi connectivity index (χ4n) is 1.75. The standard InChI is InChI=1S/C17H15NO4/c1-22-14-9-7-13(8-10-14)18-17(21)16(20)11-15(19)12-5-3-2-4-6-12/h2-11,19H,1H3,(H,18,21). The van der Waals surface area contributed by atoms with Crippen LogP contribution in [0.25, 0.3) is 5.76 Å². The van der Waals surface area contributed by atoms with Crippen molar-refractivity contribution in [2.75, 3.05) is 12.4 Å². The maximum atomic E-state index is 11.8. The van der Waals surface area contributed by atoms with Crippen LogP contribution < -0.4 is 10.1 Å². The number of carbonyl (C=O) groups is 2. The molecule has 0 aliphatic rings. The molecule has 5 heteroatoms. The third kappa shape index (κ3) is 3.96. The third-order valence-corrected chi connectivity index (χ3v) is 2.91. The highest BCUT2D eigenvalue weighted by atomic mass is 16.5. The molecule has 2 N–H and O–H groups in total. The van der Waals surface area contributed by atoms with Gasteiger partial charge in [-0.1, -0.05) is 30.3 Å². The molecule has 0 spiro atoms. The summed E-state index contributed by atoms with van der Waals surface area (Å²) in [5, 5.41) is 12.3. The van der Waals surface area contributed by atoms with E-state index in [0.717, 1.165) is 6.08 Å². The molecule has 2 aromatic carbocycles. The lowest BCUT2D eigenvalue weighted by atomic mass is 10.1. The van der Waals surface area contributed by atoms with Crippen molar-refractivity contribution in [2.24, 2.45) is 0 Å². The molecule has 0 aliphatic heterocycles. The van der Waals surface area contributed by atoms with Crippen molar-refractivity contribution in [3.63, 3.8) is 0 Å². The van der Waals surface area contributed by atoms with Crippen molar-refractivity contribution in [3.8, 4) is 5.75 Å². The highest BCUT2D eigenvalue weighted by molar-refractivity contribution is 6.45. The number of nitrogens with one attached hydrogen (secondary N) is 1. The number of benzene rings is 2. The highest BCUT2D eigenvalue weighted by Crippen LogP contribution is 2.15. The van der Waals surface area contributed by atoms with Crippen molar-refractivity contribution in [1.82, 2.24) is 0 Å². The minimum Gasteiger partial charge on any atom is -0.507 e. The lowest BCUT2D eigenvalue weighted by molar-refractivity contribution is -0.131. The van der Waals surface area contributed by atoms with Gasteiger partial charge >= 0.3 is 0 Å². The molecule has 0 atom stereocenters. The fourth-order valence-corrected chi connectivity index (χ4v) is 1.75. The Morgan fingerprint density at radius 2 is 1.68 bits per heavy atom. The SMILES string of the molecule is COc1ccc(NC(=O)C(=O)C=C(O)c2ccccc2)cc1. The van der Waals surface area contributed by atoms with Crippen LogP contribution in [0.1, 0.15) is 5.56 Å². The van der Waals surface area contributed by atoms with Crippen LogP contribution in [-0.2, 0) is 9.59 Å². The molecule has 112 valence electrons. The minimum atomic E-state index is -0.836. The molecule has 2 aromatic rings. The summed E-state index contributed by atoms with van der Waals surface area (Å²) in [6.07, 6.45) is 0.897. The Balaban J connectivity index is 2.04. The molecule has 5 nitrogen and oxygen atoms in total. The molecular weight excluding hydrogens is 282 g/mol. The van der Waals surface area contributed by atoms with Gasteiger partial charge in [0.05, 0.1) is 7.11 Å². The van der Waals surface area contributed by atoms with E-state index in [1.165, 1.54) is 7.11 Å². The Bertz CT molecular complexity index is 690. The Morgan fingerprint density at radius 1 is 1.05 bits per heavy atom. The molecule has 0 saturated heterocycles. The molecule has 2 rings (SSSR count). The van der Waals surface area contributed by atoms with E-state index in [9.17, 15) is 14.7 Å². The summed E-state index contributed by atoms with van der Waals surface area (Å²) in [6, 6.07) is 15.1. The maximum absolute atomic E-state index is 11.8. The van der Waals surface area contributed by atoms with Gasteiger partial charge in [0.15, 0.2) is 0 Å². The number of ketones is 1. The fraction of sp³-hybridized carbons (Fsp3) is 0.0588. The van der Waals surface area contributed by atoms with Crippen molar-refractivity contribution < 1.29 is 19.4 Å². The Kier molecular flexibility index (Phi) is 4.93. The second-order valence-corrected chi connectivity index (χ2v) is 4.44. The summed E-state index contributed by atoms with van der Waals surface area (Å²) in [5.41, 5.74) is 0.930. The van der Waals surface area contributed by atoms with Gasteiger partial charge < -0.3 is 15.2 Å². The van der Waals surface area contributed by atoms with Crippen LogP contribution in [0.2, 0.25) is 0 Å². The van der Waals surface area contributed by atoms with Gasteiger partial charge in [-0.2, -0.15) is 0 Å². The lowest BCUT2D eigenvalue weighted by Crippen LogP contribution is -2.21. The van der Waals surface area contributed by atoms with E-state index < -0.39 is 11.7 Å². The summed E-state index contributed by atoms with van der Waals surface area (Å²) >= 11 is 0. The first-order valence-corrected chi connectivity index (χ1v) is 6.55. The lowest BCUT2D eigenvalue weighted by Gasteiger charge is -2.04. The topological polar surface area (TPSA) is 75.6 Å². The van der Waals surface area contributed by atoms with Crippen LogP contribution in [-0.4, -0.2) is 23.9 Å². The summed E-state index contributed by atoms with van der Waals surface area (Å²) in [4.78, 5) is 23.6. The molecular formula is C17H15NO4. The predicted molar refractivity (Wildman–Crippen MR) is 83.7 cm³/mol. The van der Waals surface area contributed by atoms with Gasteiger partial charge in [-0.15, -0.1) is 0 Å². The van der Waals surface area contributed by atoms with Crippen molar-refractivity contribution in [1.29, 1.82) is 0 Å². The first kappa shape index (κ1) is 15.3. The van der Waals surface area contributed by atoms with Gasteiger partial charge in [0.1, 0.15) is 11.5 Å². The van der Waals surface area contributed by atoms with E-state index in [4.69, 9.17) is 4.74 Å². The molecule has 0 radical (unpaired) electrons. The van der Waals surface area contributed by atoms with Crippen LogP contribution in [0.15, 0.2) is 60.7 Å². The van der Waals surface area contributed by atoms with Crippen LogP contribution in [0.5, 0.6) is 5.75 Å². The van der Waals surface area contributed by atoms with Crippen molar-refractivity contribution in [2.45, 2.75) is 0 Å². The van der Waals surface area contributed by atoms with Gasteiger partial charge in [-0.05, 0) is 24.3 Å². The number of methoxy groups -OCH3 is 1. The van der Waals surface area contributed by atoms with Gasteiger partial charge in [0, 0.05) is 17.3 Å². The van der Waals surface area contributed by atoms with Crippen LogP contribution in [0, 0.1) is 0 Å². The van der Waals surface area contributed by atoms with E-state index in [2.05, 4.69) is 5.32 Å². The molecule has 1 amide bonds. The summed E-state index contributed by atoms with van der Waals surface area (Å²) in [6.45, 7) is 0. The molecule has 0 fully saturated rings. The smallest absolute Gasteiger partial charge is 0.296 e. The number of hydrogen-bond donors (Lipinski definition) is 2. The first-order valence-electron chi connectivity index (χ1n) is 6.55. The largest absolute Gasteiger partial charge is 0.507 e. The Morgan fingerprint density at radius 3 is 2.27 bits per heavy atom. The maximum Gasteiger partial charge on any atom is 0.296 e. The molecule has 22 heavy (non-hydrogen) atoms. The summed E-state index contributed by atoms with van der Waals surface area (Å²) in [5.74, 6) is -1.27. The predicted octanol–water partition coefficient (Wildman–Crippen LogP) is 2.80. The van der Waals surface area contributed by atoms with E-state index in [-0.39, 0.29) is 5.76 Å². The van der Waals surface area contributed by atoms with Crippen LogP contribution >= 0.6 is 0 Å². The van der Waals surface area contributed by atoms with E-state index >= 15 is 0 Å². The molecule has 0 heterocycles. The number of aliphatic hydroxyl groups is 1. The zero-order valence-corrected chi connectivity index (χ0v) is 11.9. The number of hydrogen-bond acceptors (Lipinski definition) is 4. The summed E-state index contributed by atoms with van der Waals surface area (Å²) < 4.78 is 5.00. The average Bonchev–Trinajstić information content (AvgIpc) is 2.56. The quantitative estimate of drug-likeness (QED) is 0.505. The second-order valence-electron chi connectivity index (χ2n) is 4.44. The van der Waals surface area contributed by atoms with E-state index in [0.29, 0.717) is 17.0 Å². The molecule has 0 saturated carbocycles. The normalized spacial score (nSPS) is 10.9. The number of anilines is 1. The highest BCUT2D eigenvalue weighted by Gasteiger charge is 2.13. The molecule has 0 unspecified atom stereocenters. The van der Waals surface area contributed by atoms with Gasteiger partial charge in [0.2, 0.25) is 5.78 Å². The van der Waals surface area contributed by atoms with Crippen molar-refractivity contribution >= 4 is 23.1 Å². The molecule has 0 aliphatic carbocycles. The number of rotatable bonds is 5. The van der Waals surface area contributed by atoms with Crippen LogP contribution in [0.3, 0.4) is 0 Å². The van der Waals surface area contributed by atoms with Gasteiger partial charge in [0.25, 0.3) is 5.91 Å². The molecule has 0 aromatic heterocycles. The summed E-state index contributed by atoms with van der Waals surface area (Å²) in [7, 11) is 1.54. The number of amides is 1. The minimum absolute atomic E-state index is 0.254. The van der Waals surface area contributed by atoms with Gasteiger partial charge in [-0.3, -0.25) is 9.59 Å². The zero-order chi connectivity index (χ0) is 15.9. The molecule has 0 bridgehead atoms. The number of aliphatic hydroxyl groups excluding tert-OH is 1. The van der Waals surface area contributed by atoms with E-state index in [1.54, 1.807) is 54.6 Å². The Labute approximate surface area is 127 Å². The first-order chi connectivity index (χ1) is 10.6. The number of ether oxygens (including phenoxy) is 1. The zero-order valence-electron chi connectivity index (χ0n) is 11.9. The number of carbonyl (C=O) groups excluding carboxylic acids is 2. The van der Waals surface area contributed by atoms with Crippen molar-refractivity contribution in [3.05, 3.63) is 66.2 Å². The third-order valence-electron chi connectivity index (χ3n) is 2.91. The monoisotopic (exact) mass is 297 g/mol. The Hall–Kier alpha value is -3.08. The second kappa shape index (κ2) is 7.08.